The Morgan fingerprint density at radius 2 is 0.972 bits per heavy atom. The Morgan fingerprint density at radius 3 is 1.51 bits per heavy atom. The lowest BCUT2D eigenvalue weighted by atomic mass is 10.1. The predicted octanol–water partition coefficient (Wildman–Crippen LogP) is 17.0. The average Bonchev–Trinajstić information content (AvgIpc) is 3.33. The molecule has 0 aromatic carbocycles. The molecule has 1 amide bonds. The van der Waals surface area contributed by atoms with Gasteiger partial charge in [-0.25, -0.2) is 4.57 Å². The fourth-order valence-corrected chi connectivity index (χ4v) is 8.17. The number of esters is 1. The van der Waals surface area contributed by atoms with Crippen LogP contribution >= 0.6 is 7.82 Å². The van der Waals surface area contributed by atoms with E-state index in [2.05, 4.69) is 117 Å². The molecule has 71 heavy (non-hydrogen) atoms. The van der Waals surface area contributed by atoms with Crippen LogP contribution in [0.1, 0.15) is 213 Å². The Hall–Kier alpha value is -3.33. The van der Waals surface area contributed by atoms with Gasteiger partial charge in [-0.05, 0) is 96.0 Å². The number of carbonyl (C=O) groups is 2. The first-order chi connectivity index (χ1) is 34.4. The van der Waals surface area contributed by atoms with Crippen molar-refractivity contribution in [3.05, 3.63) is 109 Å². The summed E-state index contributed by atoms with van der Waals surface area (Å²) in [6, 6.07) is -0.873. The second-order valence-electron chi connectivity index (χ2n) is 19.8. The van der Waals surface area contributed by atoms with Gasteiger partial charge >= 0.3 is 13.8 Å². The molecule has 0 aromatic heterocycles. The largest absolute Gasteiger partial charge is 0.472 e. The molecule has 3 atom stereocenters. The molecule has 0 aliphatic heterocycles. The van der Waals surface area contributed by atoms with Crippen molar-refractivity contribution >= 4 is 19.7 Å². The van der Waals surface area contributed by atoms with Crippen molar-refractivity contribution in [3.63, 3.8) is 0 Å². The summed E-state index contributed by atoms with van der Waals surface area (Å²) in [6.07, 6.45) is 68.0. The van der Waals surface area contributed by atoms with Gasteiger partial charge in [-0.15, -0.1) is 0 Å². The van der Waals surface area contributed by atoms with E-state index in [1.165, 1.54) is 44.9 Å². The monoisotopic (exact) mass is 1010 g/mol. The molecular weight excluding hydrogens is 904 g/mol. The molecule has 0 saturated heterocycles. The summed E-state index contributed by atoms with van der Waals surface area (Å²) in [5.74, 6) is -0.562. The highest BCUT2D eigenvalue weighted by Crippen LogP contribution is 2.43. The van der Waals surface area contributed by atoms with Gasteiger partial charge < -0.3 is 19.4 Å². The number of hydrogen-bond acceptors (Lipinski definition) is 6. The van der Waals surface area contributed by atoms with Gasteiger partial charge in [0.1, 0.15) is 19.3 Å². The van der Waals surface area contributed by atoms with Crippen molar-refractivity contribution in [3.8, 4) is 0 Å². The van der Waals surface area contributed by atoms with Gasteiger partial charge in [0, 0.05) is 12.8 Å². The molecule has 0 heterocycles. The Balaban J connectivity index is 5.35. The fraction of sp³-hybridized carbons (Fsp3) is 0.672. The first-order valence-corrected chi connectivity index (χ1v) is 29.7. The number of rotatable bonds is 49. The van der Waals surface area contributed by atoms with Crippen molar-refractivity contribution < 1.29 is 37.3 Å². The number of nitrogens with one attached hydrogen (secondary N) is 1. The standard InChI is InChI=1S/C61H105N2O7P/c1-7-10-13-16-19-22-25-27-28-29-30-31-32-33-34-36-38-41-44-47-50-53-60(64)62-58(57-69-71(66,67)68-56-55-63(4,5)6)59(52-49-46-43-40-37-24-21-18-15-12-9-3)70-61(65)54-51-48-45-42-39-35-26-23-20-17-14-11-8-2/h10-11,13-14,17,19-20,22-23,26-28,30-31,33-34,49,52,58-59H,7-9,12,15-16,18,21,24-25,29,32,35-48,50-51,53-57H2,1-6H3,(H-,62,64,66,67)/p+1/b13-10-,14-11+,20-17+,22-19-,26-23-,28-27-,31-30-,34-33-,52-49-. The van der Waals surface area contributed by atoms with E-state index in [4.69, 9.17) is 13.8 Å². The first kappa shape index (κ1) is 67.7. The normalized spacial score (nSPS) is 14.6. The van der Waals surface area contributed by atoms with E-state index in [1.54, 1.807) is 0 Å². The number of allylic oxidation sites excluding steroid dienone is 17. The number of carbonyl (C=O) groups excluding carboxylic acids is 2. The number of likely N-dealkylation sites (N-methyl/N-ethyl adjacent to an activating group) is 1. The number of amides is 1. The number of unbranched alkanes of at least 4 members (excludes halogenated alkanes) is 19. The summed E-state index contributed by atoms with van der Waals surface area (Å²) in [7, 11) is 1.45. The van der Waals surface area contributed by atoms with E-state index < -0.39 is 20.0 Å². The number of phosphoric ester groups is 1. The Labute approximate surface area is 436 Å². The van der Waals surface area contributed by atoms with Crippen LogP contribution in [0.3, 0.4) is 0 Å². The second kappa shape index (κ2) is 50.2. The Morgan fingerprint density at radius 1 is 0.521 bits per heavy atom. The maximum Gasteiger partial charge on any atom is 0.472 e. The molecule has 0 saturated carbocycles. The Kier molecular flexibility index (Phi) is 47.9. The van der Waals surface area contributed by atoms with E-state index in [0.717, 1.165) is 128 Å². The number of nitrogens with zero attached hydrogens (tertiary/aromatic N) is 1. The van der Waals surface area contributed by atoms with Gasteiger partial charge in [-0.3, -0.25) is 18.6 Å². The molecular formula is C61H106N2O7P+. The molecule has 0 radical (unpaired) electrons. The zero-order valence-electron chi connectivity index (χ0n) is 46.2. The van der Waals surface area contributed by atoms with Crippen molar-refractivity contribution in [2.45, 2.75) is 226 Å². The van der Waals surface area contributed by atoms with Crippen LogP contribution in [0.5, 0.6) is 0 Å². The van der Waals surface area contributed by atoms with Crippen molar-refractivity contribution in [1.29, 1.82) is 0 Å². The highest BCUT2D eigenvalue weighted by molar-refractivity contribution is 7.47. The van der Waals surface area contributed by atoms with Crippen LogP contribution in [0.15, 0.2) is 109 Å². The maximum absolute atomic E-state index is 13.5. The SMILES string of the molecule is CC/C=C\C/C=C\C/C=C\C/C=C\C/C=C\CCCCCCCC(=O)NC(COP(=O)(O)OCC[N+](C)(C)C)C(/C=C\CCCCCCCCCCC)OC(=O)CCCCCCC\C=C/C=C/C=C/CC. The quantitative estimate of drug-likeness (QED) is 0.0156. The molecule has 2 N–H and O–H groups in total. The second-order valence-corrected chi connectivity index (χ2v) is 21.2. The lowest BCUT2D eigenvalue weighted by molar-refractivity contribution is -0.870. The molecule has 406 valence electrons. The maximum atomic E-state index is 13.5. The highest BCUT2D eigenvalue weighted by Gasteiger charge is 2.30. The minimum absolute atomic E-state index is 0.0265. The van der Waals surface area contributed by atoms with Gasteiger partial charge in [0.2, 0.25) is 5.91 Å². The molecule has 0 spiro atoms. The number of phosphoric acid groups is 1. The van der Waals surface area contributed by atoms with E-state index in [9.17, 15) is 19.0 Å². The van der Waals surface area contributed by atoms with Crippen LogP contribution in [-0.4, -0.2) is 74.3 Å². The van der Waals surface area contributed by atoms with E-state index in [0.29, 0.717) is 23.9 Å². The summed E-state index contributed by atoms with van der Waals surface area (Å²) in [5, 5.41) is 3.03. The van der Waals surface area contributed by atoms with Crippen molar-refractivity contribution in [2.75, 3.05) is 40.9 Å². The van der Waals surface area contributed by atoms with Crippen LogP contribution in [0.4, 0.5) is 0 Å². The number of ether oxygens (including phenoxy) is 1. The van der Waals surface area contributed by atoms with Crippen LogP contribution in [0, 0.1) is 0 Å². The minimum Gasteiger partial charge on any atom is -0.456 e. The lowest BCUT2D eigenvalue weighted by Gasteiger charge is -2.27. The molecule has 10 heteroatoms. The van der Waals surface area contributed by atoms with Gasteiger partial charge in [0.15, 0.2) is 0 Å². The predicted molar refractivity (Wildman–Crippen MR) is 304 cm³/mol. The van der Waals surface area contributed by atoms with Crippen LogP contribution < -0.4 is 5.32 Å². The zero-order chi connectivity index (χ0) is 52.2. The summed E-state index contributed by atoms with van der Waals surface area (Å²) < 4.78 is 30.5. The third-order valence-corrected chi connectivity index (χ3v) is 12.8. The number of hydrogen-bond donors (Lipinski definition) is 2. The third kappa shape index (κ3) is 51.4. The Bertz CT molecular complexity index is 1580. The summed E-state index contributed by atoms with van der Waals surface area (Å²) in [6.45, 7) is 6.70. The zero-order valence-corrected chi connectivity index (χ0v) is 47.1. The minimum atomic E-state index is -4.46. The molecule has 0 aliphatic carbocycles. The summed E-state index contributed by atoms with van der Waals surface area (Å²) >= 11 is 0. The highest BCUT2D eigenvalue weighted by atomic mass is 31.2. The van der Waals surface area contributed by atoms with Crippen LogP contribution in [-0.2, 0) is 27.9 Å². The average molecular weight is 1010 g/mol. The molecule has 0 bridgehead atoms. The summed E-state index contributed by atoms with van der Waals surface area (Å²) in [4.78, 5) is 37.5. The molecule has 0 fully saturated rings. The van der Waals surface area contributed by atoms with Gasteiger partial charge in [-0.2, -0.15) is 0 Å². The van der Waals surface area contributed by atoms with Gasteiger partial charge in [-0.1, -0.05) is 214 Å². The molecule has 3 unspecified atom stereocenters. The van der Waals surface area contributed by atoms with E-state index >= 15 is 0 Å². The first-order valence-electron chi connectivity index (χ1n) is 28.2. The fourth-order valence-electron chi connectivity index (χ4n) is 7.44. The van der Waals surface area contributed by atoms with Gasteiger partial charge in [0.25, 0.3) is 0 Å². The summed E-state index contributed by atoms with van der Waals surface area (Å²) in [5.41, 5.74) is 0. The third-order valence-electron chi connectivity index (χ3n) is 11.8. The van der Waals surface area contributed by atoms with E-state index in [1.807, 2.05) is 39.4 Å². The number of quaternary nitrogens is 1. The lowest BCUT2D eigenvalue weighted by Crippen LogP contribution is -2.47. The van der Waals surface area contributed by atoms with Crippen molar-refractivity contribution in [1.82, 2.24) is 5.32 Å². The van der Waals surface area contributed by atoms with Gasteiger partial charge in [0.05, 0.1) is 33.8 Å². The van der Waals surface area contributed by atoms with Crippen molar-refractivity contribution in [2.24, 2.45) is 0 Å². The topological polar surface area (TPSA) is 111 Å². The molecule has 0 aromatic rings. The smallest absolute Gasteiger partial charge is 0.456 e. The molecule has 0 rings (SSSR count). The van der Waals surface area contributed by atoms with Crippen LogP contribution in [0.25, 0.3) is 0 Å². The van der Waals surface area contributed by atoms with E-state index in [-0.39, 0.29) is 31.5 Å². The van der Waals surface area contributed by atoms with Crippen LogP contribution in [0.2, 0.25) is 0 Å². The molecule has 0 aliphatic rings. The molecule has 9 nitrogen and oxygen atoms in total.